The van der Waals surface area contributed by atoms with Crippen LogP contribution >= 0.6 is 15.6 Å². The summed E-state index contributed by atoms with van der Waals surface area (Å²) < 4.78 is 68.8. The van der Waals surface area contributed by atoms with Gasteiger partial charge in [0.2, 0.25) is 0 Å². The van der Waals surface area contributed by atoms with E-state index in [1.54, 1.807) is 0 Å². The van der Waals surface area contributed by atoms with Gasteiger partial charge in [-0.2, -0.15) is 0 Å². The molecule has 0 rings (SSSR count). The first-order chi connectivity index (χ1) is 52.7. The lowest BCUT2D eigenvalue weighted by Gasteiger charge is -2.21. The highest BCUT2D eigenvalue weighted by atomic mass is 31.2. The Morgan fingerprint density at radius 1 is 0.269 bits per heavy atom. The molecule has 5 atom stereocenters. The minimum Gasteiger partial charge on any atom is -0.462 e. The number of hydrogen-bond acceptors (Lipinski definition) is 15. The third-order valence-electron chi connectivity index (χ3n) is 17.3. The van der Waals surface area contributed by atoms with Gasteiger partial charge in [-0.15, -0.1) is 0 Å². The number of rotatable bonds is 78. The molecule has 0 radical (unpaired) electrons. The summed E-state index contributed by atoms with van der Waals surface area (Å²) in [5, 5.41) is 10.7. The van der Waals surface area contributed by atoms with Crippen molar-refractivity contribution in [2.45, 2.75) is 354 Å². The fraction of sp³-hybridized carbons (Fsp3) is 0.685. The molecule has 0 aromatic rings. The second kappa shape index (κ2) is 80.0. The summed E-state index contributed by atoms with van der Waals surface area (Å²) in [7, 11) is -9.99. The number of allylic oxidation sites excluding steroid dienone is 24. The van der Waals surface area contributed by atoms with E-state index < -0.39 is 97.5 Å². The zero-order valence-electron chi connectivity index (χ0n) is 67.7. The van der Waals surface area contributed by atoms with Gasteiger partial charge >= 0.3 is 39.5 Å². The van der Waals surface area contributed by atoms with E-state index in [-0.39, 0.29) is 25.7 Å². The van der Waals surface area contributed by atoms with E-state index in [9.17, 15) is 43.2 Å². The molecule has 3 N–H and O–H groups in total. The fourth-order valence-corrected chi connectivity index (χ4v) is 12.6. The monoisotopic (exact) mass is 1550 g/mol. The van der Waals surface area contributed by atoms with Gasteiger partial charge in [0.25, 0.3) is 0 Å². The van der Waals surface area contributed by atoms with Crippen molar-refractivity contribution in [3.63, 3.8) is 0 Å². The van der Waals surface area contributed by atoms with Crippen LogP contribution < -0.4 is 0 Å². The molecule has 0 heterocycles. The van der Waals surface area contributed by atoms with Crippen LogP contribution in [-0.4, -0.2) is 96.7 Å². The predicted octanol–water partition coefficient (Wildman–Crippen LogP) is 25.0. The molecule has 0 spiro atoms. The average molecular weight is 1550 g/mol. The molecular weight excluding hydrogens is 1400 g/mol. The van der Waals surface area contributed by atoms with Gasteiger partial charge in [-0.1, -0.05) is 315 Å². The first-order valence-corrected chi connectivity index (χ1v) is 45.1. The Labute approximate surface area is 656 Å². The van der Waals surface area contributed by atoms with Crippen molar-refractivity contribution in [2.24, 2.45) is 0 Å². The lowest BCUT2D eigenvalue weighted by molar-refractivity contribution is -0.161. The van der Waals surface area contributed by atoms with Gasteiger partial charge in [0.1, 0.15) is 19.3 Å². The Balaban J connectivity index is 5.43. The fourth-order valence-electron chi connectivity index (χ4n) is 11.0. The molecule has 0 aromatic carbocycles. The molecule has 0 aromatic heterocycles. The highest BCUT2D eigenvalue weighted by Gasteiger charge is 2.30. The Kier molecular flexibility index (Phi) is 76.3. The van der Waals surface area contributed by atoms with E-state index in [1.807, 2.05) is 0 Å². The molecule has 108 heavy (non-hydrogen) atoms. The highest BCUT2D eigenvalue weighted by molar-refractivity contribution is 7.47. The molecule has 0 saturated heterocycles. The summed E-state index contributed by atoms with van der Waals surface area (Å²) in [6.07, 6.45) is 92.4. The Morgan fingerprint density at radius 3 is 0.750 bits per heavy atom. The van der Waals surface area contributed by atoms with Crippen LogP contribution in [0.5, 0.6) is 0 Å². The van der Waals surface area contributed by atoms with Crippen molar-refractivity contribution in [1.29, 1.82) is 0 Å². The summed E-state index contributed by atoms with van der Waals surface area (Å²) in [6, 6.07) is 0. The molecule has 0 amide bonds. The lowest BCUT2D eigenvalue weighted by atomic mass is 10.0. The topological polar surface area (TPSA) is 237 Å². The summed E-state index contributed by atoms with van der Waals surface area (Å²) in [6.45, 7) is 4.50. The molecular formula is C89H150O17P2. The Morgan fingerprint density at radius 2 is 0.481 bits per heavy atom. The van der Waals surface area contributed by atoms with E-state index >= 15 is 0 Å². The van der Waals surface area contributed by atoms with Crippen molar-refractivity contribution >= 4 is 39.5 Å². The SMILES string of the molecule is CC/C=C\C/C=C\C/C=C\C/C=C\C/C=C\CCCCCC(=O)OCC(COP(=O)(O)OCC(O)COP(=O)(O)OCC(COC(=O)CCCCCC/C=C\C/C=C\C/C=C\C/C=C\CC)OC(=O)CCCCCCCCC/C=C\C/C=C\C/C=C\CC)OC(=O)CCCCCCCCCCCCCCCCC. The normalized spacial score (nSPS) is 14.5. The predicted molar refractivity (Wildman–Crippen MR) is 445 cm³/mol. The van der Waals surface area contributed by atoms with Gasteiger partial charge < -0.3 is 33.8 Å². The van der Waals surface area contributed by atoms with E-state index in [0.717, 1.165) is 193 Å². The maximum absolute atomic E-state index is 13.1. The van der Waals surface area contributed by atoms with E-state index in [4.69, 9.17) is 37.0 Å². The van der Waals surface area contributed by atoms with Gasteiger partial charge in [-0.25, -0.2) is 9.13 Å². The zero-order chi connectivity index (χ0) is 78.9. The van der Waals surface area contributed by atoms with Gasteiger partial charge in [0, 0.05) is 25.7 Å². The second-order valence-electron chi connectivity index (χ2n) is 27.6. The summed E-state index contributed by atoms with van der Waals surface area (Å²) in [4.78, 5) is 73.2. The molecule has 618 valence electrons. The van der Waals surface area contributed by atoms with Crippen LogP contribution in [0.25, 0.3) is 0 Å². The van der Waals surface area contributed by atoms with E-state index in [1.165, 1.54) is 64.2 Å². The van der Waals surface area contributed by atoms with Crippen LogP contribution in [0.2, 0.25) is 0 Å². The number of hydrogen-bond donors (Lipinski definition) is 3. The van der Waals surface area contributed by atoms with E-state index in [0.29, 0.717) is 25.7 Å². The first-order valence-electron chi connectivity index (χ1n) is 42.1. The van der Waals surface area contributed by atoms with Gasteiger partial charge in [0.05, 0.1) is 26.4 Å². The van der Waals surface area contributed by atoms with Crippen molar-refractivity contribution in [3.8, 4) is 0 Å². The Hall–Kier alpha value is -5.06. The smallest absolute Gasteiger partial charge is 0.462 e. The van der Waals surface area contributed by atoms with Gasteiger partial charge in [-0.3, -0.25) is 37.3 Å². The number of unbranched alkanes of at least 4 members (excludes halogenated alkanes) is 28. The largest absolute Gasteiger partial charge is 0.472 e. The first kappa shape index (κ1) is 103. The maximum atomic E-state index is 13.1. The molecule has 19 heteroatoms. The average Bonchev–Trinajstić information content (AvgIpc) is 0.901. The molecule has 0 aliphatic heterocycles. The molecule has 17 nitrogen and oxygen atoms in total. The number of aliphatic hydroxyl groups is 1. The second-order valence-corrected chi connectivity index (χ2v) is 30.5. The number of carbonyl (C=O) groups is 4. The van der Waals surface area contributed by atoms with Crippen molar-refractivity contribution in [1.82, 2.24) is 0 Å². The standard InChI is InChI=1S/C89H150O17P2/c1-5-9-13-17-21-25-29-33-37-40-41-44-47-50-54-58-62-66-70-74-87(92)100-79-84(105-88(93)75-71-67-63-59-55-51-45-36-32-28-24-20-16-12-8-4)81-103-107(95,96)101-77-83(90)78-102-108(97,98)104-82-85(106-89(94)76-72-68-64-60-56-52-48-43-39-35-31-27-23-19-15-11-7-3)80-99-86(91)73-69-65-61-57-53-49-46-42-38-34-30-26-22-18-14-10-6-2/h9-11,13-15,21-23,25-27,33-35,37-39,41,44,46,49-50,54,83-85,90H,5-8,12,16-20,24,28-32,36,40,42-43,45,47-48,51-53,55-82H2,1-4H3,(H,95,96)(H,97,98)/b13-9-,14-10-,15-11-,25-21-,26-22-,27-23-,37-33-,38-34-,39-35-,44-41-,49-46-,54-50-. The molecule has 0 aliphatic rings. The third kappa shape index (κ3) is 79.0. The van der Waals surface area contributed by atoms with Gasteiger partial charge in [0.15, 0.2) is 12.2 Å². The molecule has 0 aliphatic carbocycles. The quantitative estimate of drug-likeness (QED) is 0.0169. The number of phosphoric acid groups is 2. The third-order valence-corrected chi connectivity index (χ3v) is 19.2. The van der Waals surface area contributed by atoms with E-state index in [2.05, 4.69) is 174 Å². The lowest BCUT2D eigenvalue weighted by Crippen LogP contribution is -2.30. The van der Waals surface area contributed by atoms with Crippen LogP contribution in [0, 0.1) is 0 Å². The summed E-state index contributed by atoms with van der Waals surface area (Å²) in [5.41, 5.74) is 0. The minimum absolute atomic E-state index is 0.0740. The van der Waals surface area contributed by atoms with Crippen LogP contribution in [0.1, 0.15) is 336 Å². The van der Waals surface area contributed by atoms with Crippen LogP contribution in [-0.2, 0) is 65.4 Å². The van der Waals surface area contributed by atoms with Crippen LogP contribution in [0.3, 0.4) is 0 Å². The van der Waals surface area contributed by atoms with Crippen molar-refractivity contribution in [3.05, 3.63) is 146 Å². The summed E-state index contributed by atoms with van der Waals surface area (Å²) >= 11 is 0. The Bertz CT molecular complexity index is 2610. The van der Waals surface area contributed by atoms with Crippen molar-refractivity contribution < 1.29 is 80.2 Å². The number of ether oxygens (including phenoxy) is 4. The summed E-state index contributed by atoms with van der Waals surface area (Å²) in [5.74, 6) is -2.24. The number of phosphoric ester groups is 2. The molecule has 0 saturated carbocycles. The molecule has 0 bridgehead atoms. The van der Waals surface area contributed by atoms with Crippen LogP contribution in [0.4, 0.5) is 0 Å². The minimum atomic E-state index is -5.00. The molecule has 5 unspecified atom stereocenters. The number of aliphatic hydroxyl groups excluding tert-OH is 1. The van der Waals surface area contributed by atoms with Gasteiger partial charge in [-0.05, 0) is 141 Å². The number of esters is 4. The highest BCUT2D eigenvalue weighted by Crippen LogP contribution is 2.45. The molecule has 0 fully saturated rings. The maximum Gasteiger partial charge on any atom is 0.472 e. The van der Waals surface area contributed by atoms with Crippen molar-refractivity contribution in [2.75, 3.05) is 39.6 Å². The van der Waals surface area contributed by atoms with Crippen LogP contribution in [0.15, 0.2) is 146 Å². The zero-order valence-corrected chi connectivity index (χ0v) is 69.5. The number of carbonyl (C=O) groups excluding carboxylic acids is 4.